The Morgan fingerprint density at radius 2 is 2.06 bits per heavy atom. The van der Waals surface area contributed by atoms with E-state index in [0.717, 1.165) is 17.7 Å². The normalized spacial score (nSPS) is 10.6. The van der Waals surface area contributed by atoms with Gasteiger partial charge in [0.15, 0.2) is 0 Å². The highest BCUT2D eigenvalue weighted by molar-refractivity contribution is 5.17. The Balaban J connectivity index is 2.17. The van der Waals surface area contributed by atoms with E-state index in [9.17, 15) is 0 Å². The van der Waals surface area contributed by atoms with Crippen molar-refractivity contribution >= 4 is 0 Å². The number of methoxy groups -OCH3 is 1. The maximum atomic E-state index is 5.53. The molecule has 0 saturated heterocycles. The Morgan fingerprint density at radius 3 is 2.72 bits per heavy atom. The van der Waals surface area contributed by atoms with Crippen LogP contribution in [0.5, 0.6) is 6.01 Å². The van der Waals surface area contributed by atoms with Gasteiger partial charge < -0.3 is 19.9 Å². The Bertz CT molecular complexity index is 347. The molecule has 0 saturated carbocycles. The van der Waals surface area contributed by atoms with Crippen molar-refractivity contribution in [1.29, 1.82) is 0 Å². The first kappa shape index (κ1) is 14.8. The van der Waals surface area contributed by atoms with E-state index in [4.69, 9.17) is 19.9 Å². The molecule has 102 valence electrons. The molecule has 0 amide bonds. The fourth-order valence-electron chi connectivity index (χ4n) is 1.31. The van der Waals surface area contributed by atoms with E-state index in [1.54, 1.807) is 13.3 Å². The molecule has 0 fully saturated rings. The minimum atomic E-state index is 0.390. The number of hydrogen-bond donors (Lipinski definition) is 1. The van der Waals surface area contributed by atoms with Gasteiger partial charge in [-0.05, 0) is 6.92 Å². The van der Waals surface area contributed by atoms with Gasteiger partial charge in [0.1, 0.15) is 0 Å². The standard InChI is InChI=1S/C12H21N3O3/c1-10-11(8-13)9-14-12(15-10)18-5-3-4-17-7-6-16-2/h9H,3-8,13H2,1-2H3. The molecule has 1 aromatic heterocycles. The summed E-state index contributed by atoms with van der Waals surface area (Å²) >= 11 is 0. The van der Waals surface area contributed by atoms with Gasteiger partial charge in [0.25, 0.3) is 0 Å². The molecule has 0 aliphatic heterocycles. The topological polar surface area (TPSA) is 79.5 Å². The predicted molar refractivity (Wildman–Crippen MR) is 67.5 cm³/mol. The number of aryl methyl sites for hydroxylation is 1. The van der Waals surface area contributed by atoms with Gasteiger partial charge in [-0.2, -0.15) is 0 Å². The van der Waals surface area contributed by atoms with E-state index < -0.39 is 0 Å². The van der Waals surface area contributed by atoms with Crippen LogP contribution in [-0.4, -0.2) is 43.5 Å². The summed E-state index contributed by atoms with van der Waals surface area (Å²) in [5, 5.41) is 0. The van der Waals surface area contributed by atoms with E-state index in [1.807, 2.05) is 6.92 Å². The minimum absolute atomic E-state index is 0.390. The Hall–Kier alpha value is -1.24. The Morgan fingerprint density at radius 1 is 1.22 bits per heavy atom. The summed E-state index contributed by atoms with van der Waals surface area (Å²) in [5.41, 5.74) is 7.33. The smallest absolute Gasteiger partial charge is 0.316 e. The number of rotatable bonds is 9. The zero-order valence-corrected chi connectivity index (χ0v) is 11.0. The number of nitrogens with zero attached hydrogens (tertiary/aromatic N) is 2. The van der Waals surface area contributed by atoms with Gasteiger partial charge >= 0.3 is 6.01 Å². The van der Waals surface area contributed by atoms with E-state index in [2.05, 4.69) is 9.97 Å². The zero-order valence-electron chi connectivity index (χ0n) is 11.0. The first-order chi connectivity index (χ1) is 8.77. The lowest BCUT2D eigenvalue weighted by Crippen LogP contribution is -2.09. The second-order valence-electron chi connectivity index (χ2n) is 3.77. The van der Waals surface area contributed by atoms with Gasteiger partial charge in [-0.3, -0.25) is 0 Å². The summed E-state index contributed by atoms with van der Waals surface area (Å²) in [6, 6.07) is 0.390. The quantitative estimate of drug-likeness (QED) is 0.653. The van der Waals surface area contributed by atoms with Crippen molar-refractivity contribution in [3.63, 3.8) is 0 Å². The average molecular weight is 255 g/mol. The third-order valence-corrected chi connectivity index (χ3v) is 2.37. The average Bonchev–Trinajstić information content (AvgIpc) is 2.38. The summed E-state index contributed by atoms with van der Waals surface area (Å²) in [4.78, 5) is 8.30. The molecule has 6 heteroatoms. The third-order valence-electron chi connectivity index (χ3n) is 2.37. The molecule has 1 rings (SSSR count). The van der Waals surface area contributed by atoms with Crippen LogP contribution in [0.4, 0.5) is 0 Å². The molecular weight excluding hydrogens is 234 g/mol. The molecule has 0 aliphatic carbocycles. The molecule has 0 spiro atoms. The summed E-state index contributed by atoms with van der Waals surface area (Å²) in [5.74, 6) is 0. The van der Waals surface area contributed by atoms with Crippen molar-refractivity contribution in [1.82, 2.24) is 9.97 Å². The van der Waals surface area contributed by atoms with Crippen molar-refractivity contribution in [2.45, 2.75) is 19.9 Å². The number of nitrogens with two attached hydrogens (primary N) is 1. The highest BCUT2D eigenvalue weighted by Crippen LogP contribution is 2.07. The molecular formula is C12H21N3O3. The van der Waals surface area contributed by atoms with Gasteiger partial charge in [-0.15, -0.1) is 0 Å². The molecule has 0 atom stereocenters. The SMILES string of the molecule is COCCOCCCOc1ncc(CN)c(C)n1. The molecule has 0 bridgehead atoms. The van der Waals surface area contributed by atoms with Crippen molar-refractivity contribution < 1.29 is 14.2 Å². The zero-order chi connectivity index (χ0) is 13.2. The van der Waals surface area contributed by atoms with Gasteiger partial charge in [-0.25, -0.2) is 9.97 Å². The predicted octanol–water partition coefficient (Wildman–Crippen LogP) is 0.676. The molecule has 2 N–H and O–H groups in total. The van der Waals surface area contributed by atoms with Gasteiger partial charge in [-0.1, -0.05) is 0 Å². The maximum Gasteiger partial charge on any atom is 0.316 e. The second kappa shape index (κ2) is 8.79. The van der Waals surface area contributed by atoms with E-state index in [-0.39, 0.29) is 0 Å². The van der Waals surface area contributed by atoms with Crippen LogP contribution in [0, 0.1) is 6.92 Å². The maximum absolute atomic E-state index is 5.53. The monoisotopic (exact) mass is 255 g/mol. The van der Waals surface area contributed by atoms with Crippen LogP contribution >= 0.6 is 0 Å². The molecule has 1 heterocycles. The molecule has 18 heavy (non-hydrogen) atoms. The molecule has 6 nitrogen and oxygen atoms in total. The highest BCUT2D eigenvalue weighted by Gasteiger charge is 2.02. The van der Waals surface area contributed by atoms with Crippen molar-refractivity contribution in [2.75, 3.05) is 33.5 Å². The van der Waals surface area contributed by atoms with E-state index in [0.29, 0.717) is 39.0 Å². The van der Waals surface area contributed by atoms with Crippen molar-refractivity contribution in [3.8, 4) is 6.01 Å². The van der Waals surface area contributed by atoms with Crippen LogP contribution in [0.2, 0.25) is 0 Å². The number of aromatic nitrogens is 2. The second-order valence-corrected chi connectivity index (χ2v) is 3.77. The molecule has 1 aromatic rings. The van der Waals surface area contributed by atoms with Crippen LogP contribution in [0.15, 0.2) is 6.20 Å². The fourth-order valence-corrected chi connectivity index (χ4v) is 1.31. The summed E-state index contributed by atoms with van der Waals surface area (Å²) < 4.78 is 15.6. The molecule has 0 aliphatic rings. The Kier molecular flexibility index (Phi) is 7.24. The molecule has 0 radical (unpaired) electrons. The van der Waals surface area contributed by atoms with Crippen molar-refractivity contribution in [3.05, 3.63) is 17.5 Å². The fraction of sp³-hybridized carbons (Fsp3) is 0.667. The first-order valence-electron chi connectivity index (χ1n) is 6.00. The van der Waals surface area contributed by atoms with Crippen LogP contribution in [0.1, 0.15) is 17.7 Å². The van der Waals surface area contributed by atoms with Gasteiger partial charge in [0.2, 0.25) is 0 Å². The lowest BCUT2D eigenvalue weighted by molar-refractivity contribution is 0.0639. The number of hydrogen-bond acceptors (Lipinski definition) is 6. The number of ether oxygens (including phenoxy) is 3. The largest absolute Gasteiger partial charge is 0.463 e. The van der Waals surface area contributed by atoms with E-state index >= 15 is 0 Å². The van der Waals surface area contributed by atoms with Crippen LogP contribution in [0.25, 0.3) is 0 Å². The highest BCUT2D eigenvalue weighted by atomic mass is 16.5. The third kappa shape index (κ3) is 5.39. The van der Waals surface area contributed by atoms with Crippen LogP contribution < -0.4 is 10.5 Å². The minimum Gasteiger partial charge on any atom is -0.463 e. The van der Waals surface area contributed by atoms with Crippen molar-refractivity contribution in [2.24, 2.45) is 5.73 Å². The van der Waals surface area contributed by atoms with Gasteiger partial charge in [0, 0.05) is 44.1 Å². The molecule has 0 aromatic carbocycles. The summed E-state index contributed by atoms with van der Waals surface area (Å²) in [6.07, 6.45) is 2.50. The van der Waals surface area contributed by atoms with Gasteiger partial charge in [0.05, 0.1) is 19.8 Å². The lowest BCUT2D eigenvalue weighted by Gasteiger charge is -2.07. The van der Waals surface area contributed by atoms with E-state index in [1.165, 1.54) is 0 Å². The van der Waals surface area contributed by atoms with Crippen LogP contribution in [0.3, 0.4) is 0 Å². The Labute approximate surface area is 107 Å². The van der Waals surface area contributed by atoms with Crippen LogP contribution in [-0.2, 0) is 16.0 Å². The molecule has 0 unspecified atom stereocenters. The lowest BCUT2D eigenvalue weighted by atomic mass is 10.2. The first-order valence-corrected chi connectivity index (χ1v) is 6.00. The summed E-state index contributed by atoms with van der Waals surface area (Å²) in [6.45, 7) is 4.74. The summed E-state index contributed by atoms with van der Waals surface area (Å²) in [7, 11) is 1.65.